The van der Waals surface area contributed by atoms with Gasteiger partial charge in [-0.25, -0.2) is 0 Å². The third-order valence-corrected chi connectivity index (χ3v) is 0.813. The van der Waals surface area contributed by atoms with Gasteiger partial charge in [-0.2, -0.15) is 0 Å². The number of aliphatic hydroxyl groups is 1. The number of hydrogen-bond acceptors (Lipinski definition) is 4. The van der Waals surface area contributed by atoms with Gasteiger partial charge in [0.25, 0.3) is 0 Å². The molecule has 0 aromatic carbocycles. The van der Waals surface area contributed by atoms with E-state index in [0.717, 1.165) is 0 Å². The standard InChI is InChI=1S/C4H10N2O3/c5-2(4(8)9)1-3(6)7/h2-3,7H,1,5-6H2,(H,8,9)/t2?,3-/m0/s1. The third-order valence-electron chi connectivity index (χ3n) is 0.813. The zero-order valence-electron chi connectivity index (χ0n) is 4.82. The van der Waals surface area contributed by atoms with Crippen molar-refractivity contribution >= 4 is 5.97 Å². The Morgan fingerprint density at radius 1 is 1.56 bits per heavy atom. The molecule has 0 spiro atoms. The molecule has 0 rings (SSSR count). The van der Waals surface area contributed by atoms with E-state index in [1.807, 2.05) is 0 Å². The molecule has 0 fully saturated rings. The van der Waals surface area contributed by atoms with Crippen molar-refractivity contribution in [3.05, 3.63) is 0 Å². The maximum atomic E-state index is 9.94. The first kappa shape index (κ1) is 8.35. The Labute approximate surface area is 52.3 Å². The molecule has 5 heteroatoms. The van der Waals surface area contributed by atoms with Crippen LogP contribution in [0, 0.1) is 0 Å². The van der Waals surface area contributed by atoms with Crippen molar-refractivity contribution in [2.24, 2.45) is 11.5 Å². The number of nitrogens with two attached hydrogens (primary N) is 2. The van der Waals surface area contributed by atoms with Gasteiger partial charge in [-0.1, -0.05) is 0 Å². The van der Waals surface area contributed by atoms with Gasteiger partial charge in [0, 0.05) is 6.42 Å². The lowest BCUT2D eigenvalue weighted by atomic mass is 10.2. The smallest absolute Gasteiger partial charge is 0.320 e. The van der Waals surface area contributed by atoms with E-state index in [0.29, 0.717) is 0 Å². The van der Waals surface area contributed by atoms with E-state index in [4.69, 9.17) is 21.7 Å². The Morgan fingerprint density at radius 3 is 2.11 bits per heavy atom. The van der Waals surface area contributed by atoms with E-state index < -0.39 is 18.2 Å². The Morgan fingerprint density at radius 2 is 2.00 bits per heavy atom. The lowest BCUT2D eigenvalue weighted by Crippen LogP contribution is -2.36. The second-order valence-electron chi connectivity index (χ2n) is 1.75. The fourth-order valence-electron chi connectivity index (χ4n) is 0.361. The van der Waals surface area contributed by atoms with Gasteiger partial charge < -0.3 is 21.7 Å². The Balaban J connectivity index is 3.50. The molecule has 54 valence electrons. The summed E-state index contributed by atoms with van der Waals surface area (Å²) in [7, 11) is 0. The number of hydrogen-bond donors (Lipinski definition) is 4. The van der Waals surface area contributed by atoms with Crippen molar-refractivity contribution in [3.63, 3.8) is 0 Å². The van der Waals surface area contributed by atoms with E-state index in [1.54, 1.807) is 0 Å². The summed E-state index contributed by atoms with van der Waals surface area (Å²) in [6.45, 7) is 0. The van der Waals surface area contributed by atoms with Gasteiger partial charge in [-0.05, 0) is 0 Å². The Kier molecular flexibility index (Phi) is 3.15. The normalized spacial score (nSPS) is 16.8. The molecule has 0 bridgehead atoms. The number of aliphatic carboxylic acids is 1. The molecule has 0 aliphatic heterocycles. The van der Waals surface area contributed by atoms with Crippen LogP contribution >= 0.6 is 0 Å². The molecule has 2 atom stereocenters. The molecule has 0 aromatic heterocycles. The quantitative estimate of drug-likeness (QED) is 0.336. The molecule has 0 aliphatic rings. The van der Waals surface area contributed by atoms with Gasteiger partial charge in [0.2, 0.25) is 0 Å². The minimum absolute atomic E-state index is 0.116. The number of rotatable bonds is 3. The van der Waals surface area contributed by atoms with Crippen molar-refractivity contribution < 1.29 is 15.0 Å². The summed E-state index contributed by atoms with van der Waals surface area (Å²) in [6, 6.07) is -1.06. The summed E-state index contributed by atoms with van der Waals surface area (Å²) >= 11 is 0. The van der Waals surface area contributed by atoms with Gasteiger partial charge >= 0.3 is 5.97 Å². The summed E-state index contributed by atoms with van der Waals surface area (Å²) in [5.41, 5.74) is 9.82. The minimum Gasteiger partial charge on any atom is -0.480 e. The van der Waals surface area contributed by atoms with Crippen LogP contribution in [-0.2, 0) is 4.79 Å². The van der Waals surface area contributed by atoms with E-state index in [-0.39, 0.29) is 6.42 Å². The lowest BCUT2D eigenvalue weighted by Gasteiger charge is -2.06. The van der Waals surface area contributed by atoms with Gasteiger partial charge in [0.05, 0.1) is 0 Å². The predicted octanol–water partition coefficient (Wildman–Crippen LogP) is -1.93. The highest BCUT2D eigenvalue weighted by Crippen LogP contribution is 1.88. The van der Waals surface area contributed by atoms with E-state index >= 15 is 0 Å². The average molecular weight is 134 g/mol. The maximum Gasteiger partial charge on any atom is 0.320 e. The molecule has 0 aliphatic carbocycles. The first-order valence-corrected chi connectivity index (χ1v) is 2.46. The van der Waals surface area contributed by atoms with Crippen LogP contribution in [0.2, 0.25) is 0 Å². The largest absolute Gasteiger partial charge is 0.480 e. The summed E-state index contributed by atoms with van der Waals surface area (Å²) in [5, 5.41) is 16.5. The highest BCUT2D eigenvalue weighted by molar-refractivity contribution is 5.73. The van der Waals surface area contributed by atoms with E-state index in [2.05, 4.69) is 0 Å². The van der Waals surface area contributed by atoms with Crippen molar-refractivity contribution in [1.29, 1.82) is 0 Å². The van der Waals surface area contributed by atoms with Crippen LogP contribution in [0.4, 0.5) is 0 Å². The minimum atomic E-state index is -1.15. The molecular formula is C4H10N2O3. The fraction of sp³-hybridized carbons (Fsp3) is 0.750. The molecule has 1 unspecified atom stereocenters. The molecule has 9 heavy (non-hydrogen) atoms. The topological polar surface area (TPSA) is 110 Å². The highest BCUT2D eigenvalue weighted by Gasteiger charge is 2.13. The number of carboxylic acid groups (broad SMARTS) is 1. The molecular weight excluding hydrogens is 124 g/mol. The van der Waals surface area contributed by atoms with Crippen LogP contribution < -0.4 is 11.5 Å². The van der Waals surface area contributed by atoms with Gasteiger partial charge in [0.1, 0.15) is 12.3 Å². The van der Waals surface area contributed by atoms with Crippen LogP contribution in [-0.4, -0.2) is 28.5 Å². The van der Waals surface area contributed by atoms with E-state index in [9.17, 15) is 4.79 Å². The molecule has 5 nitrogen and oxygen atoms in total. The first-order chi connectivity index (χ1) is 4.04. The highest BCUT2D eigenvalue weighted by atomic mass is 16.4. The van der Waals surface area contributed by atoms with Crippen molar-refractivity contribution in [2.75, 3.05) is 0 Å². The third kappa shape index (κ3) is 3.89. The van der Waals surface area contributed by atoms with Crippen LogP contribution in [0.1, 0.15) is 6.42 Å². The summed E-state index contributed by atoms with van der Waals surface area (Å²) < 4.78 is 0. The van der Waals surface area contributed by atoms with Crippen LogP contribution in [0.3, 0.4) is 0 Å². The maximum absolute atomic E-state index is 9.94. The molecule has 0 saturated carbocycles. The molecule has 0 amide bonds. The Bertz CT molecular complexity index is 104. The first-order valence-electron chi connectivity index (χ1n) is 2.46. The summed E-state index contributed by atoms with van der Waals surface area (Å²) in [5.74, 6) is -1.15. The zero-order chi connectivity index (χ0) is 7.44. The zero-order valence-corrected chi connectivity index (χ0v) is 4.82. The lowest BCUT2D eigenvalue weighted by molar-refractivity contribution is -0.139. The molecule has 0 radical (unpaired) electrons. The summed E-state index contributed by atoms with van der Waals surface area (Å²) in [4.78, 5) is 9.94. The second-order valence-corrected chi connectivity index (χ2v) is 1.75. The summed E-state index contributed by atoms with van der Waals surface area (Å²) in [6.07, 6.45) is -1.26. The van der Waals surface area contributed by atoms with Gasteiger partial charge in [0.15, 0.2) is 0 Å². The van der Waals surface area contributed by atoms with Gasteiger partial charge in [-0.3, -0.25) is 4.79 Å². The van der Waals surface area contributed by atoms with Crippen molar-refractivity contribution in [3.8, 4) is 0 Å². The van der Waals surface area contributed by atoms with Gasteiger partial charge in [-0.15, -0.1) is 0 Å². The van der Waals surface area contributed by atoms with Crippen LogP contribution in [0.25, 0.3) is 0 Å². The van der Waals surface area contributed by atoms with E-state index in [1.165, 1.54) is 0 Å². The molecule has 6 N–H and O–H groups in total. The monoisotopic (exact) mass is 134 g/mol. The molecule has 0 saturated heterocycles. The predicted molar refractivity (Wildman–Crippen MR) is 30.4 cm³/mol. The van der Waals surface area contributed by atoms with Crippen LogP contribution in [0.5, 0.6) is 0 Å². The van der Waals surface area contributed by atoms with Crippen molar-refractivity contribution in [2.45, 2.75) is 18.7 Å². The average Bonchev–Trinajstić information content (AvgIpc) is 1.63. The number of carbonyl (C=O) groups is 1. The molecule has 0 aromatic rings. The van der Waals surface area contributed by atoms with Crippen molar-refractivity contribution in [1.82, 2.24) is 0 Å². The SMILES string of the molecule is NC(C[C@@H](N)O)C(=O)O. The molecule has 0 heterocycles. The number of aliphatic hydroxyl groups excluding tert-OH is 1. The number of carboxylic acids is 1. The fourth-order valence-corrected chi connectivity index (χ4v) is 0.361. The Hall–Kier alpha value is -0.650. The van der Waals surface area contributed by atoms with Crippen LogP contribution in [0.15, 0.2) is 0 Å². The second kappa shape index (κ2) is 3.39.